The molecule has 0 radical (unpaired) electrons. The van der Waals surface area contributed by atoms with Gasteiger partial charge >= 0.3 is 11.6 Å². The number of nitroso groups, excluding NO2 is 1. The number of nitrogens with zero attached hydrogens (tertiary/aromatic N) is 7. The third kappa shape index (κ3) is 3.52. The molecule has 0 saturated carbocycles. The van der Waals surface area contributed by atoms with Crippen molar-refractivity contribution in [1.82, 2.24) is 28.6 Å². The number of fused-ring (bicyclic) bond motifs is 1. The molecule has 3 aromatic heterocycles. The van der Waals surface area contributed by atoms with Gasteiger partial charge in [-0.05, 0) is 42.8 Å². The number of phenols is 1. The number of phenolic OH excluding ortho intramolecular Hbond substituents is 1. The maximum atomic E-state index is 13.5. The van der Waals surface area contributed by atoms with Gasteiger partial charge in [-0.1, -0.05) is 0 Å². The van der Waals surface area contributed by atoms with Crippen molar-refractivity contribution in [2.75, 3.05) is 13.1 Å². The number of aromatic hydroxyl groups is 1. The lowest BCUT2D eigenvalue weighted by atomic mass is 10.2. The molecule has 1 fully saturated rings. The van der Waals surface area contributed by atoms with E-state index >= 15 is 0 Å². The van der Waals surface area contributed by atoms with Gasteiger partial charge in [0.15, 0.2) is 5.65 Å². The lowest BCUT2D eigenvalue weighted by molar-refractivity contribution is 0.0992. The molecule has 0 aliphatic carbocycles. The molecule has 4 heterocycles. The van der Waals surface area contributed by atoms with Crippen molar-refractivity contribution in [2.45, 2.75) is 19.0 Å². The monoisotopic (exact) mass is 447 g/mol. The molecule has 11 heteroatoms. The highest BCUT2D eigenvalue weighted by Gasteiger charge is 2.30. The van der Waals surface area contributed by atoms with Crippen LogP contribution < -0.4 is 5.69 Å². The molecule has 0 unspecified atom stereocenters. The largest absolute Gasteiger partial charge is 0.508 e. The first-order valence-corrected chi connectivity index (χ1v) is 10.5. The highest BCUT2D eigenvalue weighted by molar-refractivity contribution is 5.93. The summed E-state index contributed by atoms with van der Waals surface area (Å²) >= 11 is 0. The molecule has 0 bridgehead atoms. The minimum Gasteiger partial charge on any atom is -0.508 e. The van der Waals surface area contributed by atoms with Gasteiger partial charge in [-0.2, -0.15) is 0 Å². The second-order valence-corrected chi connectivity index (χ2v) is 8.04. The Kier molecular flexibility index (Phi) is 5.09. The van der Waals surface area contributed by atoms with Crippen molar-refractivity contribution in [1.29, 1.82) is 0 Å². The van der Waals surface area contributed by atoms with Gasteiger partial charge in [0.2, 0.25) is 0 Å². The maximum absolute atomic E-state index is 13.5. The highest BCUT2D eigenvalue weighted by Crippen LogP contribution is 2.27. The van der Waals surface area contributed by atoms with Crippen LogP contribution >= 0.6 is 0 Å². The second kappa shape index (κ2) is 8.10. The number of benzene rings is 1. The zero-order chi connectivity index (χ0) is 23.1. The topological polar surface area (TPSA) is 128 Å². The predicted octanol–water partition coefficient (Wildman–Crippen LogP) is 1.98. The first-order chi connectivity index (χ1) is 16.0. The minimum absolute atomic E-state index is 0.0914. The summed E-state index contributed by atoms with van der Waals surface area (Å²) in [4.78, 5) is 46.6. The summed E-state index contributed by atoms with van der Waals surface area (Å²) in [6, 6.07) is 10.0. The lowest BCUT2D eigenvalue weighted by Gasteiger charge is -2.16. The predicted molar refractivity (Wildman–Crippen MR) is 119 cm³/mol. The number of rotatable bonds is 5. The normalized spacial score (nSPS) is 16.5. The van der Waals surface area contributed by atoms with E-state index in [1.54, 1.807) is 57.3 Å². The fourth-order valence-electron chi connectivity index (χ4n) is 4.44. The quantitative estimate of drug-likeness (QED) is 0.463. The second-order valence-electron chi connectivity index (χ2n) is 8.04. The van der Waals surface area contributed by atoms with Gasteiger partial charge in [0.25, 0.3) is 0 Å². The molecule has 1 saturated heterocycles. The number of likely N-dealkylation sites (tertiary alicyclic amines) is 1. The number of aromatic nitrogens is 5. The van der Waals surface area contributed by atoms with E-state index in [0.717, 1.165) is 13.0 Å². The molecular formula is C22H21N7O4. The Hall–Kier alpha value is -4.12. The number of carbonyl (C=O) groups excluding carboxylic acids is 1. The zero-order valence-electron chi connectivity index (χ0n) is 17.8. The molecule has 1 amide bonds. The summed E-state index contributed by atoms with van der Waals surface area (Å²) < 4.78 is 4.90. The molecule has 168 valence electrons. The van der Waals surface area contributed by atoms with E-state index in [1.807, 2.05) is 6.07 Å². The summed E-state index contributed by atoms with van der Waals surface area (Å²) in [5, 5.41) is 12.1. The number of hydrogen-bond donors (Lipinski definition) is 1. The smallest absolute Gasteiger partial charge is 0.335 e. The van der Waals surface area contributed by atoms with E-state index in [0.29, 0.717) is 35.8 Å². The van der Waals surface area contributed by atoms with Gasteiger partial charge < -0.3 is 9.67 Å². The molecule has 1 aliphatic heterocycles. The first-order valence-electron chi connectivity index (χ1n) is 10.5. The Bertz CT molecular complexity index is 1420. The third-order valence-corrected chi connectivity index (χ3v) is 6.10. The molecule has 11 nitrogen and oxygen atoms in total. The van der Waals surface area contributed by atoms with E-state index < -0.39 is 5.91 Å². The molecule has 5 rings (SSSR count). The zero-order valence-corrected chi connectivity index (χ0v) is 17.8. The van der Waals surface area contributed by atoms with E-state index in [4.69, 9.17) is 0 Å². The van der Waals surface area contributed by atoms with Gasteiger partial charge in [0, 0.05) is 31.5 Å². The molecule has 1 aliphatic rings. The third-order valence-electron chi connectivity index (χ3n) is 6.10. The van der Waals surface area contributed by atoms with Crippen LogP contribution in [-0.2, 0) is 13.6 Å². The number of pyridine rings is 1. The van der Waals surface area contributed by atoms with Crippen LogP contribution in [0.2, 0.25) is 0 Å². The van der Waals surface area contributed by atoms with Gasteiger partial charge in [0.1, 0.15) is 17.3 Å². The van der Waals surface area contributed by atoms with Crippen molar-refractivity contribution >= 4 is 17.1 Å². The summed E-state index contributed by atoms with van der Waals surface area (Å²) in [5.41, 5.74) is 1.90. The Balaban J connectivity index is 1.45. The number of imidazole rings is 2. The Morgan fingerprint density at radius 3 is 2.76 bits per heavy atom. The van der Waals surface area contributed by atoms with Crippen molar-refractivity contribution in [3.05, 3.63) is 75.7 Å². The van der Waals surface area contributed by atoms with Crippen molar-refractivity contribution < 1.29 is 9.90 Å². The average molecular weight is 447 g/mol. The van der Waals surface area contributed by atoms with E-state index in [2.05, 4.69) is 20.0 Å². The van der Waals surface area contributed by atoms with E-state index in [1.165, 1.54) is 6.20 Å². The summed E-state index contributed by atoms with van der Waals surface area (Å²) in [5.74, 6) is -0.0852. The van der Waals surface area contributed by atoms with Crippen molar-refractivity contribution in [3.63, 3.8) is 0 Å². The van der Waals surface area contributed by atoms with Gasteiger partial charge in [-0.15, -0.1) is 4.91 Å². The van der Waals surface area contributed by atoms with Gasteiger partial charge in [-0.3, -0.25) is 18.8 Å². The van der Waals surface area contributed by atoms with Crippen LogP contribution in [0.15, 0.2) is 58.8 Å². The molecule has 1 aromatic carbocycles. The summed E-state index contributed by atoms with van der Waals surface area (Å²) in [6.45, 7) is 1.81. The molecule has 33 heavy (non-hydrogen) atoms. The van der Waals surface area contributed by atoms with Crippen LogP contribution in [0.25, 0.3) is 16.9 Å². The maximum Gasteiger partial charge on any atom is 0.335 e. The molecule has 0 spiro atoms. The number of carbonyl (C=O) groups is 1. The number of amides is 1. The minimum atomic E-state index is -0.852. The van der Waals surface area contributed by atoms with Crippen LogP contribution in [0.5, 0.6) is 5.75 Å². The van der Waals surface area contributed by atoms with Gasteiger partial charge in [-0.25, -0.2) is 14.8 Å². The molecule has 4 aromatic rings. The van der Waals surface area contributed by atoms with E-state index in [9.17, 15) is 19.6 Å². The molecule has 1 N–H and O–H groups in total. The Morgan fingerprint density at radius 1 is 1.21 bits per heavy atom. The lowest BCUT2D eigenvalue weighted by Crippen LogP contribution is -2.29. The average Bonchev–Trinajstić information content (AvgIpc) is 3.50. The Labute approximate surface area is 187 Å². The number of hydrogen-bond acceptors (Lipinski definition) is 7. The van der Waals surface area contributed by atoms with Crippen LogP contribution in [0.3, 0.4) is 0 Å². The first kappa shape index (κ1) is 20.8. The van der Waals surface area contributed by atoms with Crippen molar-refractivity contribution in [2.24, 2.45) is 12.2 Å². The molecular weight excluding hydrogens is 426 g/mol. The summed E-state index contributed by atoms with van der Waals surface area (Å²) in [6.07, 6.45) is 3.77. The fourth-order valence-corrected chi connectivity index (χ4v) is 4.44. The SMILES string of the molecule is Cn1c(C(=O)N=O)cnc1CN1CC[C@H](n2c(=O)n(-c3ccc(O)cc3)c3cccnc32)C1. The van der Waals surface area contributed by atoms with Crippen LogP contribution in [0, 0.1) is 4.91 Å². The van der Waals surface area contributed by atoms with E-state index in [-0.39, 0.29) is 23.2 Å². The summed E-state index contributed by atoms with van der Waals surface area (Å²) in [7, 11) is 1.67. The standard InChI is InChI=1S/C22H21N7O4/c1-26-18(21(31)25-33)11-24-19(26)13-27-10-8-15(12-27)29-20-17(3-2-9-23-20)28(22(29)32)14-4-6-16(30)7-5-14/h2-7,9,11,15,30H,8,10,12-13H2,1H3/t15-/m0/s1. The highest BCUT2D eigenvalue weighted by atomic mass is 16.3. The van der Waals surface area contributed by atoms with Crippen LogP contribution in [-0.4, -0.2) is 52.7 Å². The van der Waals surface area contributed by atoms with Crippen LogP contribution in [0.4, 0.5) is 0 Å². The van der Waals surface area contributed by atoms with Crippen LogP contribution in [0.1, 0.15) is 28.8 Å². The van der Waals surface area contributed by atoms with Gasteiger partial charge in [0.05, 0.1) is 30.0 Å². The molecule has 1 atom stereocenters. The van der Waals surface area contributed by atoms with Crippen molar-refractivity contribution in [3.8, 4) is 11.4 Å². The Morgan fingerprint density at radius 2 is 2.00 bits per heavy atom. The fraction of sp³-hybridized carbons (Fsp3) is 0.273.